The minimum absolute atomic E-state index is 0.603. The molecule has 5 heteroatoms. The normalized spacial score (nSPS) is 11.7. The van der Waals surface area contributed by atoms with Crippen LogP contribution in [0.5, 0.6) is 0 Å². The van der Waals surface area contributed by atoms with Crippen LogP contribution in [0.4, 0.5) is 17.1 Å². The summed E-state index contributed by atoms with van der Waals surface area (Å²) < 4.78 is 15.0. The maximum absolute atomic E-state index is 6.47. The van der Waals surface area contributed by atoms with E-state index in [0.717, 1.165) is 78.0 Å². The van der Waals surface area contributed by atoms with Crippen LogP contribution in [-0.2, 0) is 0 Å². The lowest BCUT2D eigenvalue weighted by Gasteiger charge is -2.27. The number of aromatic nitrogens is 2. The fraction of sp³-hybridized carbons (Fsp3) is 0. The first kappa shape index (κ1) is 33.9. The van der Waals surface area contributed by atoms with E-state index in [1.165, 1.54) is 21.9 Å². The van der Waals surface area contributed by atoms with Crippen molar-refractivity contribution in [2.45, 2.75) is 0 Å². The molecule has 0 aliphatic carbocycles. The molecule has 0 amide bonds. The van der Waals surface area contributed by atoms with Gasteiger partial charge >= 0.3 is 0 Å². The van der Waals surface area contributed by atoms with Crippen LogP contribution < -0.4 is 4.90 Å². The molecule has 0 aliphatic rings. The molecular formula is C55H35N3O2. The number of hydrogen-bond donors (Lipinski definition) is 0. The molecule has 9 aromatic carbocycles. The molecule has 0 saturated carbocycles. The lowest BCUT2D eigenvalue weighted by Crippen LogP contribution is -2.10. The van der Waals surface area contributed by atoms with Crippen LogP contribution in [-0.4, -0.2) is 9.55 Å². The summed E-state index contributed by atoms with van der Waals surface area (Å²) in [5, 5.41) is 4.46. The number of nitrogens with zero attached hydrogens (tertiary/aromatic N) is 3. The van der Waals surface area contributed by atoms with Crippen LogP contribution in [0.1, 0.15) is 0 Å². The predicted molar refractivity (Wildman–Crippen MR) is 247 cm³/mol. The monoisotopic (exact) mass is 769 g/mol. The molecule has 0 saturated heterocycles. The zero-order chi connectivity index (χ0) is 39.6. The van der Waals surface area contributed by atoms with Crippen molar-refractivity contribution in [2.24, 2.45) is 0 Å². The van der Waals surface area contributed by atoms with Crippen LogP contribution in [0.25, 0.3) is 94.2 Å². The highest BCUT2D eigenvalue weighted by molar-refractivity contribution is 6.16. The Hall–Kier alpha value is -8.15. The zero-order valence-corrected chi connectivity index (χ0v) is 32.4. The second-order valence-corrected chi connectivity index (χ2v) is 15.2. The zero-order valence-electron chi connectivity index (χ0n) is 32.4. The first-order valence-corrected chi connectivity index (χ1v) is 20.2. The van der Waals surface area contributed by atoms with E-state index in [4.69, 9.17) is 13.8 Å². The number of para-hydroxylation sites is 2. The van der Waals surface area contributed by atoms with Crippen LogP contribution in [0.15, 0.2) is 221 Å². The SMILES string of the molecule is c1ccc(-c2cccc(N(c3ccc(-c4ccc5c(c4)oc4cc6oc(-c7ccccc7)nc6cc45)cc3)c3cccc4c3c3ccccc3n4-c3ccccc3)c2)cc1. The molecule has 0 fully saturated rings. The third-order valence-corrected chi connectivity index (χ3v) is 11.6. The van der Waals surface area contributed by atoms with Gasteiger partial charge in [-0.3, -0.25) is 0 Å². The highest BCUT2D eigenvalue weighted by Gasteiger charge is 2.22. The fourth-order valence-corrected chi connectivity index (χ4v) is 8.81. The molecule has 5 nitrogen and oxygen atoms in total. The summed E-state index contributed by atoms with van der Waals surface area (Å²) in [5.41, 5.74) is 15.3. The maximum atomic E-state index is 6.47. The average molecular weight is 770 g/mol. The van der Waals surface area contributed by atoms with Gasteiger partial charge in [0.15, 0.2) is 5.58 Å². The van der Waals surface area contributed by atoms with Crippen LogP contribution >= 0.6 is 0 Å². The third-order valence-electron chi connectivity index (χ3n) is 11.6. The summed E-state index contributed by atoms with van der Waals surface area (Å²) in [6.07, 6.45) is 0. The first-order chi connectivity index (χ1) is 29.7. The minimum atomic E-state index is 0.603. The molecule has 3 heterocycles. The molecule has 12 rings (SSSR count). The molecule has 12 aromatic rings. The standard InChI is InChI=1S/C55H35N3O2/c1-4-14-36(15-5-1)39-18-12-21-43(32-39)57(49-24-13-25-50-54(49)45-22-10-11-23-48(45)58(50)41-19-8-3-9-20-41)42-29-26-37(27-30-42)40-28-31-44-46-34-47-53(35-52(46)59-51(44)33-40)60-55(56-47)38-16-6-2-7-17-38/h1-35H. The highest BCUT2D eigenvalue weighted by atomic mass is 16.4. The van der Waals surface area contributed by atoms with Gasteiger partial charge < -0.3 is 18.3 Å². The topological polar surface area (TPSA) is 47.3 Å². The minimum Gasteiger partial charge on any atom is -0.456 e. The Labute approximate surface area is 345 Å². The Kier molecular flexibility index (Phi) is 7.78. The second-order valence-electron chi connectivity index (χ2n) is 15.2. The van der Waals surface area contributed by atoms with Crippen molar-refractivity contribution in [1.82, 2.24) is 9.55 Å². The number of rotatable bonds is 7. The van der Waals surface area contributed by atoms with E-state index in [1.807, 2.05) is 36.4 Å². The molecular weight excluding hydrogens is 735 g/mol. The summed E-state index contributed by atoms with van der Waals surface area (Å²) in [6, 6.07) is 74.8. The van der Waals surface area contributed by atoms with E-state index >= 15 is 0 Å². The van der Waals surface area contributed by atoms with E-state index in [9.17, 15) is 0 Å². The quantitative estimate of drug-likeness (QED) is 0.162. The van der Waals surface area contributed by atoms with E-state index < -0.39 is 0 Å². The Morgan fingerprint density at radius 2 is 1.02 bits per heavy atom. The molecule has 60 heavy (non-hydrogen) atoms. The summed E-state index contributed by atoms with van der Waals surface area (Å²) in [6.45, 7) is 0. The summed E-state index contributed by atoms with van der Waals surface area (Å²) in [5.74, 6) is 0.603. The molecule has 0 radical (unpaired) electrons. The second kappa shape index (κ2) is 13.8. The van der Waals surface area contributed by atoms with Gasteiger partial charge in [0, 0.05) is 50.2 Å². The lowest BCUT2D eigenvalue weighted by atomic mass is 10.0. The Morgan fingerprint density at radius 3 is 1.83 bits per heavy atom. The highest BCUT2D eigenvalue weighted by Crippen LogP contribution is 2.45. The van der Waals surface area contributed by atoms with Crippen molar-refractivity contribution in [3.63, 3.8) is 0 Å². The van der Waals surface area contributed by atoms with E-state index in [0.29, 0.717) is 11.5 Å². The largest absolute Gasteiger partial charge is 0.456 e. The van der Waals surface area contributed by atoms with Gasteiger partial charge in [0.25, 0.3) is 0 Å². The number of fused-ring (bicyclic) bond motifs is 7. The number of benzene rings is 9. The Morgan fingerprint density at radius 1 is 0.383 bits per heavy atom. The first-order valence-electron chi connectivity index (χ1n) is 20.2. The van der Waals surface area contributed by atoms with Crippen molar-refractivity contribution < 1.29 is 8.83 Å². The third kappa shape index (κ3) is 5.59. The summed E-state index contributed by atoms with van der Waals surface area (Å²) in [4.78, 5) is 7.20. The molecule has 282 valence electrons. The van der Waals surface area contributed by atoms with Gasteiger partial charge in [-0.2, -0.15) is 0 Å². The average Bonchev–Trinajstić information content (AvgIpc) is 4.01. The van der Waals surface area contributed by atoms with Crippen LogP contribution in [0.3, 0.4) is 0 Å². The van der Waals surface area contributed by atoms with Crippen molar-refractivity contribution in [2.75, 3.05) is 4.90 Å². The van der Waals surface area contributed by atoms with Gasteiger partial charge in [0.2, 0.25) is 5.89 Å². The molecule has 0 N–H and O–H groups in total. The number of oxazole rings is 1. The van der Waals surface area contributed by atoms with Crippen LogP contribution in [0, 0.1) is 0 Å². The molecule has 0 spiro atoms. The molecule has 3 aromatic heterocycles. The fourth-order valence-electron chi connectivity index (χ4n) is 8.81. The number of anilines is 3. The molecule has 0 atom stereocenters. The van der Waals surface area contributed by atoms with Gasteiger partial charge in [-0.05, 0) is 107 Å². The smallest absolute Gasteiger partial charge is 0.227 e. The van der Waals surface area contributed by atoms with Gasteiger partial charge in [0.1, 0.15) is 16.7 Å². The van der Waals surface area contributed by atoms with Crippen molar-refractivity contribution in [1.29, 1.82) is 0 Å². The van der Waals surface area contributed by atoms with Crippen LogP contribution in [0.2, 0.25) is 0 Å². The summed E-state index contributed by atoms with van der Waals surface area (Å²) in [7, 11) is 0. The van der Waals surface area contributed by atoms with Crippen molar-refractivity contribution in [3.05, 3.63) is 212 Å². The molecule has 0 bridgehead atoms. The number of furan rings is 1. The van der Waals surface area contributed by atoms with Crippen molar-refractivity contribution in [3.8, 4) is 39.4 Å². The van der Waals surface area contributed by atoms with Gasteiger partial charge in [-0.15, -0.1) is 0 Å². The van der Waals surface area contributed by atoms with E-state index in [-0.39, 0.29) is 0 Å². The predicted octanol–water partition coefficient (Wildman–Crippen LogP) is 15.3. The summed E-state index contributed by atoms with van der Waals surface area (Å²) >= 11 is 0. The maximum Gasteiger partial charge on any atom is 0.227 e. The molecule has 0 aliphatic heterocycles. The number of hydrogen-bond acceptors (Lipinski definition) is 4. The van der Waals surface area contributed by atoms with Gasteiger partial charge in [-0.1, -0.05) is 121 Å². The van der Waals surface area contributed by atoms with Gasteiger partial charge in [-0.25, -0.2) is 4.98 Å². The Bertz CT molecular complexity index is 3530. The molecule has 0 unspecified atom stereocenters. The van der Waals surface area contributed by atoms with Crippen molar-refractivity contribution >= 4 is 71.9 Å². The van der Waals surface area contributed by atoms with Gasteiger partial charge in [0.05, 0.1) is 16.7 Å². The lowest BCUT2D eigenvalue weighted by molar-refractivity contribution is 0.617. The Balaban J connectivity index is 0.976. The van der Waals surface area contributed by atoms with E-state index in [1.54, 1.807) is 0 Å². The van der Waals surface area contributed by atoms with E-state index in [2.05, 4.69) is 185 Å².